The van der Waals surface area contributed by atoms with Gasteiger partial charge in [-0.15, -0.1) is 0 Å². The van der Waals surface area contributed by atoms with E-state index in [-0.39, 0.29) is 5.41 Å². The first kappa shape index (κ1) is 14.2. The predicted octanol–water partition coefficient (Wildman–Crippen LogP) is 3.69. The quantitative estimate of drug-likeness (QED) is 0.913. The number of halogens is 1. The Labute approximate surface area is 123 Å². The van der Waals surface area contributed by atoms with Gasteiger partial charge in [0.1, 0.15) is 0 Å². The lowest BCUT2D eigenvalue weighted by Gasteiger charge is -2.32. The van der Waals surface area contributed by atoms with Gasteiger partial charge >= 0.3 is 0 Å². The third-order valence-electron chi connectivity index (χ3n) is 3.76. The summed E-state index contributed by atoms with van der Waals surface area (Å²) in [5.74, 6) is 0. The Hall–Kier alpha value is -1.19. The molecule has 100 valence electrons. The first-order chi connectivity index (χ1) is 9.20. The van der Waals surface area contributed by atoms with Gasteiger partial charge in [0.15, 0.2) is 0 Å². The highest BCUT2D eigenvalue weighted by Gasteiger charge is 2.29. The fraction of sp³-hybridized carbons (Fsp3) is 0.312. The number of pyridine rings is 1. The number of aromatic nitrogens is 1. The second kappa shape index (κ2) is 6.31. The van der Waals surface area contributed by atoms with Gasteiger partial charge in [0.2, 0.25) is 0 Å². The lowest BCUT2D eigenvalue weighted by molar-refractivity contribution is 0.418. The van der Waals surface area contributed by atoms with E-state index in [1.54, 1.807) is 0 Å². The lowest BCUT2D eigenvalue weighted by Crippen LogP contribution is -2.36. The topological polar surface area (TPSA) is 38.9 Å². The van der Waals surface area contributed by atoms with E-state index in [0.717, 1.165) is 17.3 Å². The molecule has 0 amide bonds. The molecule has 1 atom stereocenters. The molecule has 0 saturated carbocycles. The van der Waals surface area contributed by atoms with E-state index in [1.165, 1.54) is 11.1 Å². The second-order valence-corrected chi connectivity index (χ2v) is 5.81. The van der Waals surface area contributed by atoms with Crippen molar-refractivity contribution < 1.29 is 0 Å². The molecular formula is C16H19BrN2. The molecule has 0 aliphatic carbocycles. The first-order valence-electron chi connectivity index (χ1n) is 6.55. The number of nitrogens with two attached hydrogens (primary N) is 1. The van der Waals surface area contributed by atoms with Crippen molar-refractivity contribution in [3.05, 3.63) is 64.4 Å². The summed E-state index contributed by atoms with van der Waals surface area (Å²) in [5, 5.41) is 0. The van der Waals surface area contributed by atoms with Crippen LogP contribution < -0.4 is 5.73 Å². The van der Waals surface area contributed by atoms with Crippen LogP contribution in [0.15, 0.2) is 53.3 Å². The van der Waals surface area contributed by atoms with E-state index in [9.17, 15) is 0 Å². The Kier molecular flexibility index (Phi) is 4.72. The van der Waals surface area contributed by atoms with Crippen LogP contribution in [0.3, 0.4) is 0 Å². The molecule has 19 heavy (non-hydrogen) atoms. The highest BCUT2D eigenvalue weighted by atomic mass is 79.9. The Balaban J connectivity index is 2.35. The summed E-state index contributed by atoms with van der Waals surface area (Å²) in [6.07, 6.45) is 5.66. The van der Waals surface area contributed by atoms with Gasteiger partial charge in [-0.3, -0.25) is 4.98 Å². The summed E-state index contributed by atoms with van der Waals surface area (Å²) < 4.78 is 1.01. The van der Waals surface area contributed by atoms with E-state index >= 15 is 0 Å². The van der Waals surface area contributed by atoms with Crippen molar-refractivity contribution in [2.75, 3.05) is 6.54 Å². The standard InChI is InChI=1S/C16H19BrN2/c1-2-16(12-18,14-6-4-3-5-7-14)9-13-8-15(17)11-19-10-13/h3-8,10-11H,2,9,12,18H2,1H3. The van der Waals surface area contributed by atoms with Crippen LogP contribution >= 0.6 is 15.9 Å². The van der Waals surface area contributed by atoms with Crippen LogP contribution in [0, 0.1) is 0 Å². The Morgan fingerprint density at radius 1 is 1.21 bits per heavy atom. The zero-order chi connectivity index (χ0) is 13.7. The summed E-state index contributed by atoms with van der Waals surface area (Å²) in [6.45, 7) is 2.84. The number of hydrogen-bond acceptors (Lipinski definition) is 2. The number of hydrogen-bond donors (Lipinski definition) is 1. The average Bonchev–Trinajstić information content (AvgIpc) is 2.46. The number of rotatable bonds is 5. The largest absolute Gasteiger partial charge is 0.330 e. The van der Waals surface area contributed by atoms with Crippen LogP contribution in [0.4, 0.5) is 0 Å². The van der Waals surface area contributed by atoms with E-state index < -0.39 is 0 Å². The van der Waals surface area contributed by atoms with Crippen molar-refractivity contribution in [3.8, 4) is 0 Å². The summed E-state index contributed by atoms with van der Waals surface area (Å²) in [4.78, 5) is 4.24. The molecule has 2 aromatic rings. The van der Waals surface area contributed by atoms with Gasteiger partial charge in [-0.2, -0.15) is 0 Å². The van der Waals surface area contributed by atoms with Gasteiger partial charge in [-0.05, 0) is 46.0 Å². The van der Waals surface area contributed by atoms with E-state index in [2.05, 4.69) is 58.2 Å². The first-order valence-corrected chi connectivity index (χ1v) is 7.34. The van der Waals surface area contributed by atoms with E-state index in [1.807, 2.05) is 18.5 Å². The normalized spacial score (nSPS) is 14.1. The Bertz CT molecular complexity index is 521. The minimum Gasteiger partial charge on any atom is -0.330 e. The van der Waals surface area contributed by atoms with Crippen LogP contribution in [0.2, 0.25) is 0 Å². The predicted molar refractivity (Wildman–Crippen MR) is 83.1 cm³/mol. The molecule has 1 heterocycles. The fourth-order valence-electron chi connectivity index (χ4n) is 2.50. The highest BCUT2D eigenvalue weighted by Crippen LogP contribution is 2.31. The van der Waals surface area contributed by atoms with Crippen molar-refractivity contribution in [2.24, 2.45) is 5.73 Å². The van der Waals surface area contributed by atoms with Crippen LogP contribution in [-0.4, -0.2) is 11.5 Å². The maximum absolute atomic E-state index is 6.10. The lowest BCUT2D eigenvalue weighted by atomic mass is 9.74. The van der Waals surface area contributed by atoms with Gasteiger partial charge in [-0.25, -0.2) is 0 Å². The molecule has 1 aromatic heterocycles. The van der Waals surface area contributed by atoms with Gasteiger partial charge in [0, 0.05) is 28.8 Å². The molecule has 0 bridgehead atoms. The van der Waals surface area contributed by atoms with Gasteiger partial charge in [0.05, 0.1) is 0 Å². The van der Waals surface area contributed by atoms with Gasteiger partial charge in [0.25, 0.3) is 0 Å². The van der Waals surface area contributed by atoms with Gasteiger partial charge in [-0.1, -0.05) is 37.3 Å². The molecule has 1 unspecified atom stereocenters. The maximum Gasteiger partial charge on any atom is 0.0410 e. The third-order valence-corrected chi connectivity index (χ3v) is 4.19. The zero-order valence-corrected chi connectivity index (χ0v) is 12.7. The Morgan fingerprint density at radius 3 is 2.53 bits per heavy atom. The minimum atomic E-state index is -0.0102. The molecule has 2 rings (SSSR count). The second-order valence-electron chi connectivity index (χ2n) is 4.89. The molecule has 2 N–H and O–H groups in total. The molecule has 0 saturated heterocycles. The maximum atomic E-state index is 6.10. The Morgan fingerprint density at radius 2 is 1.95 bits per heavy atom. The van der Waals surface area contributed by atoms with Crippen LogP contribution in [-0.2, 0) is 11.8 Å². The highest BCUT2D eigenvalue weighted by molar-refractivity contribution is 9.10. The third kappa shape index (κ3) is 3.23. The fourth-order valence-corrected chi connectivity index (χ4v) is 2.91. The van der Waals surface area contributed by atoms with Crippen LogP contribution in [0.5, 0.6) is 0 Å². The van der Waals surface area contributed by atoms with Crippen molar-refractivity contribution in [1.82, 2.24) is 4.98 Å². The average molecular weight is 319 g/mol. The van der Waals surface area contributed by atoms with Crippen molar-refractivity contribution in [1.29, 1.82) is 0 Å². The van der Waals surface area contributed by atoms with Crippen molar-refractivity contribution in [2.45, 2.75) is 25.2 Å². The number of nitrogens with zero attached hydrogens (tertiary/aromatic N) is 1. The van der Waals surface area contributed by atoms with E-state index in [0.29, 0.717) is 6.54 Å². The van der Waals surface area contributed by atoms with Crippen molar-refractivity contribution in [3.63, 3.8) is 0 Å². The summed E-state index contributed by atoms with van der Waals surface area (Å²) >= 11 is 3.48. The van der Waals surface area contributed by atoms with E-state index in [4.69, 9.17) is 5.73 Å². The molecule has 0 radical (unpaired) electrons. The summed E-state index contributed by atoms with van der Waals surface area (Å²) in [5.41, 5.74) is 8.61. The van der Waals surface area contributed by atoms with Crippen molar-refractivity contribution >= 4 is 15.9 Å². The molecule has 2 nitrogen and oxygen atoms in total. The molecule has 0 aliphatic heterocycles. The molecular weight excluding hydrogens is 300 g/mol. The number of benzene rings is 1. The van der Waals surface area contributed by atoms with Crippen LogP contribution in [0.1, 0.15) is 24.5 Å². The SMILES string of the molecule is CCC(CN)(Cc1cncc(Br)c1)c1ccccc1. The summed E-state index contributed by atoms with van der Waals surface area (Å²) in [7, 11) is 0. The monoisotopic (exact) mass is 318 g/mol. The minimum absolute atomic E-state index is 0.0102. The molecule has 3 heteroatoms. The molecule has 0 spiro atoms. The summed E-state index contributed by atoms with van der Waals surface area (Å²) in [6, 6.07) is 12.7. The molecule has 0 aliphatic rings. The molecule has 0 fully saturated rings. The molecule has 1 aromatic carbocycles. The van der Waals surface area contributed by atoms with Gasteiger partial charge < -0.3 is 5.73 Å². The smallest absolute Gasteiger partial charge is 0.0410 e. The zero-order valence-electron chi connectivity index (χ0n) is 11.1. The van der Waals surface area contributed by atoms with Crippen LogP contribution in [0.25, 0.3) is 0 Å².